The molecule has 0 saturated carbocycles. The van der Waals surface area contributed by atoms with E-state index in [1.165, 1.54) is 5.39 Å². The number of carbonyl (C=O) groups is 1. The van der Waals surface area contributed by atoms with Crippen LogP contribution < -0.4 is 10.1 Å². The van der Waals surface area contributed by atoms with Crippen molar-refractivity contribution >= 4 is 16.7 Å². The number of ether oxygens (including phenoxy) is 1. The molecule has 0 aliphatic carbocycles. The number of fused-ring (bicyclic) bond motifs is 1. The molecule has 0 bridgehead atoms. The smallest absolute Gasteiger partial charge is 0.222 e. The molecular weight excluding hydrogens is 288 g/mol. The minimum absolute atomic E-state index is 0.236. The number of hydrogen-bond acceptors (Lipinski definition) is 3. The lowest BCUT2D eigenvalue weighted by molar-refractivity contribution is -0.132. The first-order valence-corrected chi connectivity index (χ1v) is 8.36. The zero-order valence-electron chi connectivity index (χ0n) is 13.6. The van der Waals surface area contributed by atoms with Crippen LogP contribution in [0.25, 0.3) is 10.8 Å². The molecule has 1 N–H and O–H groups in total. The van der Waals surface area contributed by atoms with Gasteiger partial charge in [0.15, 0.2) is 0 Å². The maximum Gasteiger partial charge on any atom is 0.222 e. The summed E-state index contributed by atoms with van der Waals surface area (Å²) in [6.45, 7) is 5.19. The molecule has 1 unspecified atom stereocenters. The quantitative estimate of drug-likeness (QED) is 0.863. The fourth-order valence-electron chi connectivity index (χ4n) is 3.04. The second kappa shape index (κ2) is 7.47. The minimum Gasteiger partial charge on any atom is -0.493 e. The molecule has 0 radical (unpaired) electrons. The van der Waals surface area contributed by atoms with Crippen molar-refractivity contribution in [1.29, 1.82) is 0 Å². The van der Waals surface area contributed by atoms with Crippen LogP contribution in [0.15, 0.2) is 42.5 Å². The van der Waals surface area contributed by atoms with Gasteiger partial charge in [-0.25, -0.2) is 0 Å². The number of rotatable bonds is 5. The molecule has 23 heavy (non-hydrogen) atoms. The van der Waals surface area contributed by atoms with Gasteiger partial charge in [-0.15, -0.1) is 0 Å². The van der Waals surface area contributed by atoms with E-state index in [-0.39, 0.29) is 5.91 Å². The van der Waals surface area contributed by atoms with Crippen LogP contribution in [0, 0.1) is 0 Å². The lowest BCUT2D eigenvalue weighted by Crippen LogP contribution is -2.51. The Hall–Kier alpha value is -2.07. The van der Waals surface area contributed by atoms with Gasteiger partial charge in [0.2, 0.25) is 5.91 Å². The first-order chi connectivity index (χ1) is 11.2. The molecule has 4 heteroatoms. The monoisotopic (exact) mass is 312 g/mol. The summed E-state index contributed by atoms with van der Waals surface area (Å²) in [6, 6.07) is 14.7. The molecule has 3 rings (SSSR count). The maximum absolute atomic E-state index is 12.2. The molecule has 122 valence electrons. The van der Waals surface area contributed by atoms with E-state index >= 15 is 0 Å². The van der Waals surface area contributed by atoms with Gasteiger partial charge < -0.3 is 15.0 Å². The molecule has 1 fully saturated rings. The normalized spacial score (nSPS) is 18.1. The lowest BCUT2D eigenvalue weighted by atomic mass is 10.1. The molecule has 2 aromatic carbocycles. The van der Waals surface area contributed by atoms with Gasteiger partial charge in [-0.3, -0.25) is 4.79 Å². The number of carbonyl (C=O) groups excluding carboxylic acids is 1. The van der Waals surface area contributed by atoms with E-state index in [0.717, 1.165) is 37.2 Å². The number of hydrogen-bond donors (Lipinski definition) is 1. The summed E-state index contributed by atoms with van der Waals surface area (Å²) in [4.78, 5) is 14.2. The van der Waals surface area contributed by atoms with Gasteiger partial charge in [0.1, 0.15) is 5.75 Å². The van der Waals surface area contributed by atoms with Crippen LogP contribution in [-0.4, -0.2) is 43.1 Å². The summed E-state index contributed by atoms with van der Waals surface area (Å²) in [7, 11) is 0. The van der Waals surface area contributed by atoms with Gasteiger partial charge in [0, 0.05) is 37.5 Å². The molecule has 1 atom stereocenters. The third kappa shape index (κ3) is 4.02. The van der Waals surface area contributed by atoms with E-state index in [9.17, 15) is 4.79 Å². The van der Waals surface area contributed by atoms with E-state index in [4.69, 9.17) is 4.74 Å². The highest BCUT2D eigenvalue weighted by molar-refractivity contribution is 5.88. The Labute approximate surface area is 137 Å². The number of benzene rings is 2. The van der Waals surface area contributed by atoms with Crippen LogP contribution in [0.3, 0.4) is 0 Å². The predicted octanol–water partition coefficient (Wildman–Crippen LogP) is 2.82. The second-order valence-electron chi connectivity index (χ2n) is 6.12. The zero-order valence-corrected chi connectivity index (χ0v) is 13.6. The van der Waals surface area contributed by atoms with Crippen molar-refractivity contribution in [3.05, 3.63) is 42.5 Å². The van der Waals surface area contributed by atoms with Crippen molar-refractivity contribution in [3.63, 3.8) is 0 Å². The Bertz CT molecular complexity index is 666. The minimum atomic E-state index is 0.236. The van der Waals surface area contributed by atoms with Crippen LogP contribution in [0.2, 0.25) is 0 Å². The van der Waals surface area contributed by atoms with Crippen molar-refractivity contribution in [2.24, 2.45) is 0 Å². The standard InChI is InChI=1S/C19H24N2O2/c1-15-14-21(12-11-20-15)19(22)10-5-13-23-18-9-4-7-16-6-2-3-8-17(16)18/h2-4,6-9,15,20H,5,10-14H2,1H3. The van der Waals surface area contributed by atoms with Gasteiger partial charge in [-0.2, -0.15) is 0 Å². The Morgan fingerprint density at radius 3 is 2.96 bits per heavy atom. The summed E-state index contributed by atoms with van der Waals surface area (Å²) in [5.74, 6) is 1.13. The molecule has 1 aliphatic heterocycles. The van der Waals surface area contributed by atoms with Crippen molar-refractivity contribution in [3.8, 4) is 5.75 Å². The third-order valence-electron chi connectivity index (χ3n) is 4.26. The average molecular weight is 312 g/mol. The second-order valence-corrected chi connectivity index (χ2v) is 6.12. The molecule has 1 aliphatic rings. The highest BCUT2D eigenvalue weighted by Gasteiger charge is 2.19. The summed E-state index contributed by atoms with van der Waals surface area (Å²) >= 11 is 0. The summed E-state index contributed by atoms with van der Waals surface area (Å²) < 4.78 is 5.90. The SMILES string of the molecule is CC1CN(C(=O)CCCOc2cccc3ccccc23)CCN1. The maximum atomic E-state index is 12.2. The Balaban J connectivity index is 1.48. The van der Waals surface area contributed by atoms with E-state index in [1.54, 1.807) is 0 Å². The molecule has 4 nitrogen and oxygen atoms in total. The molecule has 1 heterocycles. The number of piperazine rings is 1. The van der Waals surface area contributed by atoms with Gasteiger partial charge in [0.25, 0.3) is 0 Å². The zero-order chi connectivity index (χ0) is 16.1. The largest absolute Gasteiger partial charge is 0.493 e. The predicted molar refractivity (Wildman–Crippen MR) is 92.7 cm³/mol. The Morgan fingerprint density at radius 2 is 2.09 bits per heavy atom. The average Bonchev–Trinajstić information content (AvgIpc) is 2.58. The fourth-order valence-corrected chi connectivity index (χ4v) is 3.04. The fraction of sp³-hybridized carbons (Fsp3) is 0.421. The van der Waals surface area contributed by atoms with Crippen molar-refractivity contribution in [2.45, 2.75) is 25.8 Å². The van der Waals surface area contributed by atoms with E-state index in [0.29, 0.717) is 19.1 Å². The molecule has 0 aromatic heterocycles. The number of nitrogens with zero attached hydrogens (tertiary/aromatic N) is 1. The number of amides is 1. The molecule has 0 spiro atoms. The van der Waals surface area contributed by atoms with E-state index in [2.05, 4.69) is 30.4 Å². The van der Waals surface area contributed by atoms with Crippen LogP contribution in [0.1, 0.15) is 19.8 Å². The first kappa shape index (κ1) is 15.8. The third-order valence-corrected chi connectivity index (χ3v) is 4.26. The molecule has 1 saturated heterocycles. The molecule has 2 aromatic rings. The van der Waals surface area contributed by atoms with Crippen molar-refractivity contribution in [1.82, 2.24) is 10.2 Å². The summed E-state index contributed by atoms with van der Waals surface area (Å²) in [6.07, 6.45) is 1.30. The van der Waals surface area contributed by atoms with Gasteiger partial charge in [0.05, 0.1) is 6.61 Å². The number of nitrogens with one attached hydrogen (secondary N) is 1. The van der Waals surface area contributed by atoms with Crippen LogP contribution in [0.4, 0.5) is 0 Å². The van der Waals surface area contributed by atoms with Crippen LogP contribution >= 0.6 is 0 Å². The van der Waals surface area contributed by atoms with Crippen molar-refractivity contribution < 1.29 is 9.53 Å². The lowest BCUT2D eigenvalue weighted by Gasteiger charge is -2.32. The highest BCUT2D eigenvalue weighted by Crippen LogP contribution is 2.25. The Morgan fingerprint density at radius 1 is 1.26 bits per heavy atom. The highest BCUT2D eigenvalue weighted by atomic mass is 16.5. The van der Waals surface area contributed by atoms with Crippen molar-refractivity contribution in [2.75, 3.05) is 26.2 Å². The van der Waals surface area contributed by atoms with Crippen LogP contribution in [-0.2, 0) is 4.79 Å². The molecule has 1 amide bonds. The van der Waals surface area contributed by atoms with Gasteiger partial charge >= 0.3 is 0 Å². The van der Waals surface area contributed by atoms with Gasteiger partial charge in [-0.05, 0) is 24.8 Å². The van der Waals surface area contributed by atoms with Crippen LogP contribution in [0.5, 0.6) is 5.75 Å². The summed E-state index contributed by atoms with van der Waals surface area (Å²) in [5, 5.41) is 5.65. The van der Waals surface area contributed by atoms with Gasteiger partial charge in [-0.1, -0.05) is 36.4 Å². The topological polar surface area (TPSA) is 41.6 Å². The van der Waals surface area contributed by atoms with E-state index in [1.807, 2.05) is 29.2 Å². The molecular formula is C19H24N2O2. The van der Waals surface area contributed by atoms with E-state index < -0.39 is 0 Å². The summed E-state index contributed by atoms with van der Waals surface area (Å²) in [5.41, 5.74) is 0. The Kier molecular flexibility index (Phi) is 5.13. The first-order valence-electron chi connectivity index (χ1n) is 8.36.